The molecule has 16 rings (SSSR count). The minimum atomic E-state index is -1.10. The molecule has 11 heteroatoms. The Morgan fingerprint density at radius 2 is 0.317 bits per heavy atom. The summed E-state index contributed by atoms with van der Waals surface area (Å²) in [4.78, 5) is 0. The predicted octanol–water partition coefficient (Wildman–Crippen LogP) is 9.65. The molecular formula is C49H50O5S6. The summed E-state index contributed by atoms with van der Waals surface area (Å²) in [6, 6.07) is 48.4. The molecule has 6 aromatic carbocycles. The number of rotatable bonds is 0. The quantitative estimate of drug-likeness (QED) is 0.142. The van der Waals surface area contributed by atoms with Crippen molar-refractivity contribution < 1.29 is 21.0 Å². The van der Waals surface area contributed by atoms with Gasteiger partial charge in [0, 0.05) is 123 Å². The van der Waals surface area contributed by atoms with Crippen molar-refractivity contribution in [3.63, 3.8) is 0 Å². The summed E-state index contributed by atoms with van der Waals surface area (Å²) in [5.41, 5.74) is 12.4. The molecule has 60 heavy (non-hydrogen) atoms. The van der Waals surface area contributed by atoms with Gasteiger partial charge in [0.1, 0.15) is 0 Å². The fourth-order valence-corrected chi connectivity index (χ4v) is 14.6. The summed E-state index contributed by atoms with van der Waals surface area (Å²) < 4.78 is 65.4. The Morgan fingerprint density at radius 3 is 0.433 bits per heavy atom. The summed E-state index contributed by atoms with van der Waals surface area (Å²) in [6.45, 7) is 0. The third-order valence-corrected chi connectivity index (χ3v) is 18.2. The van der Waals surface area contributed by atoms with Crippen LogP contribution in [0, 0.1) is 0 Å². The first-order valence-electron chi connectivity index (χ1n) is 19.8. The van der Waals surface area contributed by atoms with Crippen LogP contribution in [0.25, 0.3) is 0 Å². The lowest BCUT2D eigenvalue weighted by molar-refractivity contribution is 0.680. The molecule has 10 aliphatic rings. The molecule has 0 radical (unpaired) electrons. The van der Waals surface area contributed by atoms with E-state index in [0.29, 0.717) is 57.5 Å². The molecule has 0 fully saturated rings. The largest absolute Gasteiger partial charge is 0.259 e. The molecule has 0 saturated carbocycles. The summed E-state index contributed by atoms with van der Waals surface area (Å²) in [5.74, 6) is 10.7. The van der Waals surface area contributed by atoms with Gasteiger partial charge in [-0.2, -0.15) is 10.5 Å². The van der Waals surface area contributed by atoms with Gasteiger partial charge in [0.25, 0.3) is 0 Å². The number of hydrogen-bond acceptors (Lipinski definition) is 5. The highest BCUT2D eigenvalue weighted by Crippen LogP contribution is 2.25. The minimum Gasteiger partial charge on any atom is -0.259 e. The molecule has 0 amide bonds. The van der Waals surface area contributed by atoms with Gasteiger partial charge in [-0.15, -0.1) is 0 Å². The Hall–Kier alpha value is -3.71. The SMILES string of the molecule is C=S1Cc2ccc(cc2)CS(=O)Cc2ccc(cc2)CS(=O)Cc2ccc(cc2)CS(=O)Cc2ccc(cc2)CS(=O)Cc2ccc(cc2)C[S@@](=O)Cc2ccc(cc2)C1. The van der Waals surface area contributed by atoms with Gasteiger partial charge in [-0.25, -0.2) is 0 Å². The maximum Gasteiger partial charge on any atom is 0.0489 e. The van der Waals surface area contributed by atoms with E-state index in [1.54, 1.807) is 0 Å². The summed E-state index contributed by atoms with van der Waals surface area (Å²) >= 11 is 0. The second kappa shape index (κ2) is 21.9. The smallest absolute Gasteiger partial charge is 0.0489 e. The predicted molar refractivity (Wildman–Crippen MR) is 259 cm³/mol. The van der Waals surface area contributed by atoms with Crippen molar-refractivity contribution >= 4 is 70.4 Å². The molecule has 0 aliphatic carbocycles. The molecule has 0 aromatic heterocycles. The average molecular weight is 911 g/mol. The fraction of sp³-hybridized carbons (Fsp3) is 0.245. The molecule has 5 nitrogen and oxygen atoms in total. The van der Waals surface area contributed by atoms with E-state index in [-0.39, 0.29) is 10.5 Å². The summed E-state index contributed by atoms with van der Waals surface area (Å²) in [7, 11) is -5.53. The zero-order chi connectivity index (χ0) is 41.8. The Morgan fingerprint density at radius 1 is 0.217 bits per heavy atom. The molecule has 5 unspecified atom stereocenters. The molecule has 6 atom stereocenters. The van der Waals surface area contributed by atoms with Gasteiger partial charge >= 0.3 is 0 Å². The topological polar surface area (TPSA) is 85.3 Å². The van der Waals surface area contributed by atoms with Crippen LogP contribution in [0.5, 0.6) is 0 Å². The maximum absolute atomic E-state index is 13.1. The molecule has 10 aliphatic heterocycles. The highest BCUT2D eigenvalue weighted by Gasteiger charge is 2.11. The fourth-order valence-electron chi connectivity index (χ4n) is 7.03. The molecule has 0 saturated heterocycles. The molecule has 10 heterocycles. The zero-order valence-electron chi connectivity index (χ0n) is 33.5. The summed E-state index contributed by atoms with van der Waals surface area (Å²) in [5, 5.41) is 0. The molecule has 6 aromatic rings. The third-order valence-electron chi connectivity index (χ3n) is 10.2. The molecule has 12 bridgehead atoms. The van der Waals surface area contributed by atoms with E-state index < -0.39 is 54.0 Å². The zero-order valence-corrected chi connectivity index (χ0v) is 38.4. The molecule has 312 valence electrons. The van der Waals surface area contributed by atoms with Crippen molar-refractivity contribution in [2.24, 2.45) is 0 Å². The Bertz CT molecular complexity index is 1870. The van der Waals surface area contributed by atoms with E-state index in [9.17, 15) is 21.0 Å². The molecule has 0 N–H and O–H groups in total. The van der Waals surface area contributed by atoms with Crippen molar-refractivity contribution in [2.75, 3.05) is 0 Å². The Kier molecular flexibility index (Phi) is 16.2. The first-order valence-corrected chi connectivity index (χ1v) is 28.9. The van der Waals surface area contributed by atoms with Crippen LogP contribution in [-0.2, 0) is 123 Å². The molecule has 0 spiro atoms. The van der Waals surface area contributed by atoms with E-state index in [2.05, 4.69) is 54.4 Å². The number of hydrogen-bond donors (Lipinski definition) is 0. The van der Waals surface area contributed by atoms with Crippen molar-refractivity contribution in [3.05, 3.63) is 212 Å². The summed E-state index contributed by atoms with van der Waals surface area (Å²) in [6.07, 6.45) is 0. The second-order valence-electron chi connectivity index (χ2n) is 15.4. The van der Waals surface area contributed by atoms with Crippen molar-refractivity contribution in [2.45, 2.75) is 69.0 Å². The monoisotopic (exact) mass is 910 g/mol. The Labute approximate surface area is 370 Å². The highest BCUT2D eigenvalue weighted by molar-refractivity contribution is 8.12. The van der Waals surface area contributed by atoms with E-state index in [1.165, 1.54) is 11.1 Å². The van der Waals surface area contributed by atoms with E-state index >= 15 is 0 Å². The standard InChI is InChI=1S/C49H50O5S6/c1-55-26-38-2-6-40(7-3-38)28-56(50)30-42-10-14-44(15-11-42)32-58(52)34-46-18-22-48(23-19-46)36-60(54)37-49-24-20-47(21-25-49)35-59(53)33-45-16-12-43(13-17-45)31-57(51)29-41-8-4-39(27-55)5-9-41/h2-25H,1,26-37H2/t55?,56-,57?,58?,59?,60?/m0/s1. The van der Waals surface area contributed by atoms with E-state index in [1.807, 2.05) is 97.1 Å². The van der Waals surface area contributed by atoms with Crippen LogP contribution in [0.3, 0.4) is 0 Å². The first kappa shape index (κ1) is 44.3. The van der Waals surface area contributed by atoms with E-state index in [4.69, 9.17) is 0 Å². The highest BCUT2D eigenvalue weighted by atomic mass is 32.2. The minimum absolute atomic E-state index is 0.112. The van der Waals surface area contributed by atoms with Crippen LogP contribution < -0.4 is 0 Å². The van der Waals surface area contributed by atoms with Crippen molar-refractivity contribution in [1.82, 2.24) is 0 Å². The Balaban J connectivity index is 0.999. The first-order chi connectivity index (χ1) is 29.1. The van der Waals surface area contributed by atoms with Crippen LogP contribution in [0.4, 0.5) is 0 Å². The van der Waals surface area contributed by atoms with Gasteiger partial charge in [0.15, 0.2) is 0 Å². The third kappa shape index (κ3) is 14.2. The normalized spacial score (nSPS) is 22.6. The van der Waals surface area contributed by atoms with Crippen molar-refractivity contribution in [3.8, 4) is 0 Å². The second-order valence-corrected chi connectivity index (χ2v) is 24.5. The lowest BCUT2D eigenvalue weighted by atomic mass is 10.2. The van der Waals surface area contributed by atoms with Crippen LogP contribution in [-0.4, -0.2) is 26.9 Å². The van der Waals surface area contributed by atoms with Crippen LogP contribution in [0.1, 0.15) is 66.8 Å². The van der Waals surface area contributed by atoms with E-state index in [0.717, 1.165) is 67.1 Å². The van der Waals surface area contributed by atoms with Gasteiger partial charge in [-0.05, 0) is 66.8 Å². The van der Waals surface area contributed by atoms with Gasteiger partial charge in [0.05, 0.1) is 0 Å². The molecular weight excluding hydrogens is 861 g/mol. The van der Waals surface area contributed by atoms with Crippen LogP contribution in [0.2, 0.25) is 0 Å². The lowest BCUT2D eigenvalue weighted by Gasteiger charge is -2.10. The maximum atomic E-state index is 13.1. The van der Waals surface area contributed by atoms with Gasteiger partial charge in [0.2, 0.25) is 0 Å². The van der Waals surface area contributed by atoms with Crippen molar-refractivity contribution in [1.29, 1.82) is 0 Å². The van der Waals surface area contributed by atoms with Crippen LogP contribution >= 0.6 is 10.5 Å². The average Bonchev–Trinajstić information content (AvgIpc) is 3.22. The van der Waals surface area contributed by atoms with Gasteiger partial charge < -0.3 is 0 Å². The lowest BCUT2D eigenvalue weighted by Crippen LogP contribution is -2.03. The van der Waals surface area contributed by atoms with Gasteiger partial charge in [-0.1, -0.05) is 151 Å². The number of benzene rings is 6. The van der Waals surface area contributed by atoms with Gasteiger partial charge in [-0.3, -0.25) is 21.0 Å². The van der Waals surface area contributed by atoms with Crippen LogP contribution in [0.15, 0.2) is 146 Å².